The minimum atomic E-state index is -3.60. The largest absolute Gasteiger partial charge is 0.494 e. The Labute approximate surface area is 134 Å². The lowest BCUT2D eigenvalue weighted by molar-refractivity contribution is 0.382. The minimum Gasteiger partial charge on any atom is -0.494 e. The predicted octanol–water partition coefficient (Wildman–Crippen LogP) is 0.258. The van der Waals surface area contributed by atoms with Crippen molar-refractivity contribution in [2.75, 3.05) is 31.6 Å². The zero-order valence-corrected chi connectivity index (χ0v) is 13.6. The monoisotopic (exact) mass is 337 g/mol. The number of para-hydroxylation sites is 1. The van der Waals surface area contributed by atoms with Crippen LogP contribution in [0.15, 0.2) is 24.5 Å². The van der Waals surface area contributed by atoms with Crippen molar-refractivity contribution in [3.05, 3.63) is 24.5 Å². The molecule has 9 heteroatoms. The number of nitrogens with two attached hydrogens (primary N) is 1. The summed E-state index contributed by atoms with van der Waals surface area (Å²) in [7, 11) is -1.98. The average molecular weight is 337 g/mol. The molecule has 8 nitrogen and oxygen atoms in total. The van der Waals surface area contributed by atoms with Gasteiger partial charge in [-0.05, 0) is 24.5 Å². The molecule has 1 aromatic heterocycles. The number of hydrogen-bond donors (Lipinski definition) is 2. The first-order valence-electron chi connectivity index (χ1n) is 7.28. The standard InChI is InChI=1S/C14H19N5O3S/c1-22-12-4-2-3-11-13(12)16-9-17-14(11)19-7-10(8-19)5-6-18-23(15,20)21/h2-4,9-10,18H,5-8H2,1H3,(H2,15,20,21). The molecule has 3 N–H and O–H groups in total. The van der Waals surface area contributed by atoms with Gasteiger partial charge in [0.15, 0.2) is 0 Å². The van der Waals surface area contributed by atoms with Gasteiger partial charge in [0, 0.05) is 25.0 Å². The van der Waals surface area contributed by atoms with Crippen molar-refractivity contribution < 1.29 is 13.2 Å². The summed E-state index contributed by atoms with van der Waals surface area (Å²) in [4.78, 5) is 10.8. The molecule has 0 bridgehead atoms. The normalized spacial score (nSPS) is 15.7. The number of ether oxygens (including phenoxy) is 1. The van der Waals surface area contributed by atoms with Crippen LogP contribution >= 0.6 is 0 Å². The highest BCUT2D eigenvalue weighted by Gasteiger charge is 2.29. The Morgan fingerprint density at radius 1 is 1.39 bits per heavy atom. The molecule has 1 aliphatic heterocycles. The second-order valence-electron chi connectivity index (χ2n) is 5.55. The molecule has 1 aliphatic rings. The van der Waals surface area contributed by atoms with Crippen LogP contribution in [0.2, 0.25) is 0 Å². The molecule has 1 fully saturated rings. The molecule has 0 saturated carbocycles. The summed E-state index contributed by atoms with van der Waals surface area (Å²) in [6, 6.07) is 5.77. The van der Waals surface area contributed by atoms with Crippen LogP contribution in [0.1, 0.15) is 6.42 Å². The number of fused-ring (bicyclic) bond motifs is 1. The van der Waals surface area contributed by atoms with Gasteiger partial charge in [-0.15, -0.1) is 0 Å². The molecule has 0 atom stereocenters. The smallest absolute Gasteiger partial charge is 0.274 e. The van der Waals surface area contributed by atoms with Crippen LogP contribution in [0.4, 0.5) is 5.82 Å². The van der Waals surface area contributed by atoms with E-state index in [4.69, 9.17) is 9.88 Å². The molecule has 0 amide bonds. The molecular weight excluding hydrogens is 318 g/mol. The zero-order valence-electron chi connectivity index (χ0n) is 12.8. The third kappa shape index (κ3) is 3.52. The number of nitrogens with one attached hydrogen (secondary N) is 1. The first-order valence-corrected chi connectivity index (χ1v) is 8.82. The fourth-order valence-corrected chi connectivity index (χ4v) is 3.20. The van der Waals surface area contributed by atoms with Gasteiger partial charge in [-0.3, -0.25) is 0 Å². The van der Waals surface area contributed by atoms with E-state index in [2.05, 4.69) is 19.6 Å². The molecule has 0 radical (unpaired) electrons. The molecule has 1 saturated heterocycles. The van der Waals surface area contributed by atoms with Gasteiger partial charge in [0.1, 0.15) is 23.4 Å². The Morgan fingerprint density at radius 3 is 2.87 bits per heavy atom. The van der Waals surface area contributed by atoms with Gasteiger partial charge in [0.05, 0.1) is 7.11 Å². The molecular formula is C14H19N5O3S. The van der Waals surface area contributed by atoms with E-state index in [9.17, 15) is 8.42 Å². The van der Waals surface area contributed by atoms with E-state index in [1.165, 1.54) is 6.33 Å². The maximum atomic E-state index is 10.8. The van der Waals surface area contributed by atoms with Gasteiger partial charge < -0.3 is 9.64 Å². The highest BCUT2D eigenvalue weighted by atomic mass is 32.2. The number of aromatic nitrogens is 2. The molecule has 1 aromatic carbocycles. The Balaban J connectivity index is 1.67. The Bertz CT molecular complexity index is 805. The van der Waals surface area contributed by atoms with E-state index in [-0.39, 0.29) is 0 Å². The zero-order chi connectivity index (χ0) is 16.4. The molecule has 0 aliphatic carbocycles. The molecule has 23 heavy (non-hydrogen) atoms. The summed E-state index contributed by atoms with van der Waals surface area (Å²) in [5.41, 5.74) is 0.791. The van der Waals surface area contributed by atoms with Crippen molar-refractivity contribution in [2.24, 2.45) is 11.1 Å². The number of hydrogen-bond acceptors (Lipinski definition) is 6. The van der Waals surface area contributed by atoms with E-state index < -0.39 is 10.2 Å². The third-order valence-corrected chi connectivity index (χ3v) is 4.55. The lowest BCUT2D eigenvalue weighted by Crippen LogP contribution is -2.48. The fraction of sp³-hybridized carbons (Fsp3) is 0.429. The SMILES string of the molecule is COc1cccc2c(N3CC(CCNS(N)(=O)=O)C3)ncnc12. The highest BCUT2D eigenvalue weighted by Crippen LogP contribution is 2.33. The van der Waals surface area contributed by atoms with Crippen molar-refractivity contribution in [2.45, 2.75) is 6.42 Å². The van der Waals surface area contributed by atoms with Crippen molar-refractivity contribution in [1.82, 2.24) is 14.7 Å². The number of nitrogens with zero attached hydrogens (tertiary/aromatic N) is 3. The lowest BCUT2D eigenvalue weighted by Gasteiger charge is -2.40. The Kier molecular flexibility index (Phi) is 4.33. The van der Waals surface area contributed by atoms with Gasteiger partial charge in [-0.2, -0.15) is 8.42 Å². The topological polar surface area (TPSA) is 110 Å². The molecule has 0 spiro atoms. The van der Waals surface area contributed by atoms with E-state index in [0.29, 0.717) is 12.5 Å². The third-order valence-electron chi connectivity index (χ3n) is 3.94. The van der Waals surface area contributed by atoms with Crippen molar-refractivity contribution in [3.63, 3.8) is 0 Å². The fourth-order valence-electron chi connectivity index (χ4n) is 2.79. The van der Waals surface area contributed by atoms with Crippen LogP contribution in [0.5, 0.6) is 5.75 Å². The first kappa shape index (κ1) is 15.9. The highest BCUT2D eigenvalue weighted by molar-refractivity contribution is 7.87. The average Bonchev–Trinajstić information content (AvgIpc) is 2.47. The summed E-state index contributed by atoms with van der Waals surface area (Å²) >= 11 is 0. The van der Waals surface area contributed by atoms with Crippen LogP contribution in [0.25, 0.3) is 10.9 Å². The molecule has 124 valence electrons. The van der Waals surface area contributed by atoms with E-state index >= 15 is 0 Å². The first-order chi connectivity index (χ1) is 11.0. The van der Waals surface area contributed by atoms with Gasteiger partial charge in [0.2, 0.25) is 0 Å². The number of methoxy groups -OCH3 is 1. The lowest BCUT2D eigenvalue weighted by atomic mass is 9.96. The van der Waals surface area contributed by atoms with E-state index in [0.717, 1.165) is 42.0 Å². The maximum absolute atomic E-state index is 10.8. The number of anilines is 1. The van der Waals surface area contributed by atoms with E-state index in [1.807, 2.05) is 18.2 Å². The van der Waals surface area contributed by atoms with Crippen molar-refractivity contribution >= 4 is 26.9 Å². The summed E-state index contributed by atoms with van der Waals surface area (Å²) in [6.07, 6.45) is 2.29. The summed E-state index contributed by atoms with van der Waals surface area (Å²) < 4.78 is 29.3. The molecule has 3 rings (SSSR count). The summed E-state index contributed by atoms with van der Waals surface area (Å²) in [5, 5.41) is 5.86. The second kappa shape index (κ2) is 6.26. The Hall–Kier alpha value is -1.97. The van der Waals surface area contributed by atoms with Gasteiger partial charge in [-0.1, -0.05) is 6.07 Å². The van der Waals surface area contributed by atoms with Crippen LogP contribution in [0, 0.1) is 5.92 Å². The molecule has 2 aromatic rings. The van der Waals surface area contributed by atoms with Crippen LogP contribution < -0.4 is 19.5 Å². The van der Waals surface area contributed by atoms with E-state index in [1.54, 1.807) is 7.11 Å². The Morgan fingerprint density at radius 2 is 2.17 bits per heavy atom. The van der Waals surface area contributed by atoms with Crippen molar-refractivity contribution in [1.29, 1.82) is 0 Å². The predicted molar refractivity (Wildman–Crippen MR) is 87.5 cm³/mol. The van der Waals surface area contributed by atoms with Crippen LogP contribution in [-0.4, -0.2) is 45.1 Å². The second-order valence-corrected chi connectivity index (χ2v) is 6.93. The minimum absolute atomic E-state index is 0.357. The van der Waals surface area contributed by atoms with Gasteiger partial charge >= 0.3 is 0 Å². The molecule has 0 unspecified atom stereocenters. The number of rotatable bonds is 6. The van der Waals surface area contributed by atoms with Gasteiger partial charge in [0.25, 0.3) is 10.2 Å². The summed E-state index contributed by atoms with van der Waals surface area (Å²) in [6.45, 7) is 2.01. The maximum Gasteiger partial charge on any atom is 0.274 e. The quantitative estimate of drug-likeness (QED) is 0.782. The van der Waals surface area contributed by atoms with Crippen molar-refractivity contribution in [3.8, 4) is 5.75 Å². The van der Waals surface area contributed by atoms with Gasteiger partial charge in [-0.25, -0.2) is 19.8 Å². The molecule has 2 heterocycles. The number of benzene rings is 1. The van der Waals surface area contributed by atoms with Crippen LogP contribution in [-0.2, 0) is 10.2 Å². The summed E-state index contributed by atoms with van der Waals surface area (Å²) in [5.74, 6) is 2.02. The van der Waals surface area contributed by atoms with Crippen LogP contribution in [0.3, 0.4) is 0 Å².